The van der Waals surface area contributed by atoms with Gasteiger partial charge in [0.2, 0.25) is 0 Å². The van der Waals surface area contributed by atoms with Gasteiger partial charge in [0, 0.05) is 39.0 Å². The molecule has 2 heterocycles. The van der Waals surface area contributed by atoms with E-state index in [1.165, 1.54) is 11.5 Å². The quantitative estimate of drug-likeness (QED) is 0.235. The van der Waals surface area contributed by atoms with Crippen LogP contribution < -0.4 is 4.74 Å². The van der Waals surface area contributed by atoms with Crippen LogP contribution in [0.25, 0.3) is 11.1 Å². The second-order valence-corrected chi connectivity index (χ2v) is 9.77. The Morgan fingerprint density at radius 1 is 0.929 bits per heavy atom. The summed E-state index contributed by atoms with van der Waals surface area (Å²) in [5.41, 5.74) is 2.00. The first kappa shape index (κ1) is 32.2. The number of esters is 4. The van der Waals surface area contributed by atoms with E-state index in [2.05, 4.69) is 6.07 Å². The van der Waals surface area contributed by atoms with Crippen LogP contribution in [0.1, 0.15) is 52.1 Å². The predicted octanol–water partition coefficient (Wildman–Crippen LogP) is 3.58. The number of rotatable bonds is 9. The molecule has 0 aliphatic carbocycles. The number of pyridine rings is 1. The number of ether oxygens (including phenoxy) is 6. The Labute approximate surface area is 248 Å². The van der Waals surface area contributed by atoms with Crippen molar-refractivity contribution in [3.05, 3.63) is 46.2 Å². The molecule has 5 atom stereocenters. The van der Waals surface area contributed by atoms with E-state index in [0.717, 1.165) is 20.8 Å². The van der Waals surface area contributed by atoms with Crippen molar-refractivity contribution in [2.45, 2.75) is 71.7 Å². The Bertz CT molecular complexity index is 1450. The number of carbonyl (C=O) groups excluding carboxylic acids is 4. The van der Waals surface area contributed by atoms with Crippen LogP contribution >= 0.6 is 12.2 Å². The summed E-state index contributed by atoms with van der Waals surface area (Å²) in [4.78, 5) is 48.3. The molecule has 224 valence electrons. The number of hydrogen-bond acceptors (Lipinski definition) is 12. The number of methoxy groups -OCH3 is 1. The van der Waals surface area contributed by atoms with Gasteiger partial charge in [-0.1, -0.05) is 31.3 Å². The van der Waals surface area contributed by atoms with Crippen molar-refractivity contribution in [2.75, 3.05) is 13.7 Å². The van der Waals surface area contributed by atoms with Crippen LogP contribution in [0.2, 0.25) is 0 Å². The molecular formula is C29H32N2O10S. The van der Waals surface area contributed by atoms with Crippen LogP contribution in [0, 0.1) is 16.0 Å². The van der Waals surface area contributed by atoms with Gasteiger partial charge in [0.1, 0.15) is 29.2 Å². The number of carbonyl (C=O) groups is 4. The van der Waals surface area contributed by atoms with Gasteiger partial charge in [-0.25, -0.2) is 0 Å². The minimum absolute atomic E-state index is 0.0589. The summed E-state index contributed by atoms with van der Waals surface area (Å²) in [6.45, 7) is 6.09. The van der Waals surface area contributed by atoms with Crippen molar-refractivity contribution in [2.24, 2.45) is 0 Å². The number of aromatic nitrogens is 1. The van der Waals surface area contributed by atoms with E-state index in [-0.39, 0.29) is 10.2 Å². The topological polar surface area (TPSA) is 152 Å². The maximum absolute atomic E-state index is 12.3. The average Bonchev–Trinajstić information content (AvgIpc) is 2.93. The van der Waals surface area contributed by atoms with E-state index in [0.29, 0.717) is 29.0 Å². The van der Waals surface area contributed by atoms with Gasteiger partial charge in [0.25, 0.3) is 0 Å². The fraction of sp³-hybridized carbons (Fsp3) is 0.448. The SMILES string of the molecule is CCc1cc(-c2ccc(OC)cc2)c(C#N)c(=S)n1[C@@H]1O[C@@H](COC(C)=O)[C@@H](OC(C)=O)[C@@H](OC(C)=O)[C@H]1OC(C)=O. The van der Waals surface area contributed by atoms with Crippen molar-refractivity contribution < 1.29 is 47.6 Å². The zero-order valence-electron chi connectivity index (χ0n) is 24.1. The van der Waals surface area contributed by atoms with Crippen molar-refractivity contribution in [3.8, 4) is 22.9 Å². The van der Waals surface area contributed by atoms with Gasteiger partial charge in [0.15, 0.2) is 24.5 Å². The van der Waals surface area contributed by atoms with E-state index < -0.39 is 61.1 Å². The lowest BCUT2D eigenvalue weighted by Gasteiger charge is -2.45. The van der Waals surface area contributed by atoms with Crippen LogP contribution in [0.15, 0.2) is 30.3 Å². The normalized spacial score (nSPS) is 21.4. The first-order chi connectivity index (χ1) is 19.9. The van der Waals surface area contributed by atoms with Gasteiger partial charge in [-0.15, -0.1) is 0 Å². The molecule has 0 amide bonds. The summed E-state index contributed by atoms with van der Waals surface area (Å²) in [5.74, 6) is -2.24. The molecule has 2 aromatic rings. The molecule has 0 bridgehead atoms. The Morgan fingerprint density at radius 3 is 2.00 bits per heavy atom. The fourth-order valence-corrected chi connectivity index (χ4v) is 5.12. The second-order valence-electron chi connectivity index (χ2n) is 9.38. The van der Waals surface area contributed by atoms with E-state index in [4.69, 9.17) is 40.6 Å². The largest absolute Gasteiger partial charge is 0.497 e. The van der Waals surface area contributed by atoms with E-state index in [1.54, 1.807) is 37.4 Å². The van der Waals surface area contributed by atoms with Crippen molar-refractivity contribution in [1.29, 1.82) is 5.26 Å². The maximum Gasteiger partial charge on any atom is 0.303 e. The molecule has 0 unspecified atom stereocenters. The molecule has 0 N–H and O–H groups in total. The molecule has 12 nitrogen and oxygen atoms in total. The molecule has 1 aromatic carbocycles. The van der Waals surface area contributed by atoms with Crippen LogP contribution in [0.4, 0.5) is 0 Å². The van der Waals surface area contributed by atoms with E-state index in [1.807, 2.05) is 6.92 Å². The third-order valence-corrected chi connectivity index (χ3v) is 6.82. The minimum Gasteiger partial charge on any atom is -0.497 e. The molecule has 0 spiro atoms. The first-order valence-corrected chi connectivity index (χ1v) is 13.5. The lowest BCUT2D eigenvalue weighted by Crippen LogP contribution is -2.60. The zero-order valence-corrected chi connectivity index (χ0v) is 24.9. The Morgan fingerprint density at radius 2 is 1.50 bits per heavy atom. The zero-order chi connectivity index (χ0) is 31.1. The molecule has 1 aliphatic rings. The third kappa shape index (κ3) is 7.32. The molecule has 1 saturated heterocycles. The Kier molecular flexibility index (Phi) is 10.8. The maximum atomic E-state index is 12.3. The summed E-state index contributed by atoms with van der Waals surface area (Å²) >= 11 is 5.82. The summed E-state index contributed by atoms with van der Waals surface area (Å²) < 4.78 is 34.9. The lowest BCUT2D eigenvalue weighted by molar-refractivity contribution is -0.269. The van der Waals surface area contributed by atoms with Crippen molar-refractivity contribution in [3.63, 3.8) is 0 Å². The van der Waals surface area contributed by atoms with Gasteiger partial charge in [0.05, 0.1) is 12.7 Å². The smallest absolute Gasteiger partial charge is 0.303 e. The molecule has 3 rings (SSSR count). The van der Waals surface area contributed by atoms with Crippen molar-refractivity contribution >= 4 is 36.1 Å². The van der Waals surface area contributed by atoms with Gasteiger partial charge < -0.3 is 33.0 Å². The minimum atomic E-state index is -1.38. The number of benzene rings is 1. The van der Waals surface area contributed by atoms with Gasteiger partial charge in [-0.2, -0.15) is 5.26 Å². The molecule has 1 aromatic heterocycles. The lowest BCUT2D eigenvalue weighted by atomic mass is 9.95. The highest BCUT2D eigenvalue weighted by atomic mass is 32.1. The summed E-state index contributed by atoms with van der Waals surface area (Å²) in [6, 6.07) is 11.0. The number of nitrogens with zero attached hydrogens (tertiary/aromatic N) is 2. The molecule has 1 aliphatic heterocycles. The van der Waals surface area contributed by atoms with Crippen LogP contribution in [0.5, 0.6) is 5.75 Å². The second kappa shape index (κ2) is 14.1. The number of nitriles is 1. The van der Waals surface area contributed by atoms with Crippen LogP contribution in [-0.4, -0.2) is 66.6 Å². The molecule has 0 radical (unpaired) electrons. The van der Waals surface area contributed by atoms with E-state index >= 15 is 0 Å². The van der Waals surface area contributed by atoms with Gasteiger partial charge in [-0.3, -0.25) is 19.2 Å². The number of hydrogen-bond donors (Lipinski definition) is 0. The summed E-state index contributed by atoms with van der Waals surface area (Å²) in [5, 5.41) is 10.2. The summed E-state index contributed by atoms with van der Waals surface area (Å²) in [7, 11) is 1.55. The molecule has 1 fully saturated rings. The van der Waals surface area contributed by atoms with Crippen LogP contribution in [0.3, 0.4) is 0 Å². The average molecular weight is 601 g/mol. The first-order valence-electron chi connectivity index (χ1n) is 13.0. The number of aryl methyl sites for hydroxylation is 1. The highest BCUT2D eigenvalue weighted by Crippen LogP contribution is 2.38. The fourth-order valence-electron chi connectivity index (χ4n) is 4.75. The molecule has 42 heavy (non-hydrogen) atoms. The standard InChI is InChI=1S/C29H32N2O10S/c1-7-20-12-22(19-8-10-21(36-6)11-9-19)23(13-30)29(42)31(20)28-27(40-18(5)35)26(39-17(4)34)25(38-16(3)33)24(41-28)14-37-15(2)32/h8-12,24-28H,7,14H2,1-6H3/t24-,25+,26+,27+,28+/m0/s1. The van der Waals surface area contributed by atoms with Crippen molar-refractivity contribution in [1.82, 2.24) is 4.57 Å². The van der Waals surface area contributed by atoms with Gasteiger partial charge >= 0.3 is 23.9 Å². The highest BCUT2D eigenvalue weighted by Gasteiger charge is 2.53. The Hall–Kier alpha value is -4.28. The molecule has 0 saturated carbocycles. The predicted molar refractivity (Wildman–Crippen MR) is 149 cm³/mol. The summed E-state index contributed by atoms with van der Waals surface area (Å²) in [6.07, 6.45) is -6.12. The van der Waals surface area contributed by atoms with E-state index in [9.17, 15) is 24.4 Å². The molecular weight excluding hydrogens is 568 g/mol. The Balaban J connectivity index is 2.28. The third-order valence-electron chi connectivity index (χ3n) is 6.42. The molecule has 13 heteroatoms. The monoisotopic (exact) mass is 600 g/mol. The van der Waals surface area contributed by atoms with Gasteiger partial charge in [-0.05, 0) is 30.2 Å². The van der Waals surface area contributed by atoms with Crippen LogP contribution in [-0.2, 0) is 49.3 Å². The highest BCUT2D eigenvalue weighted by molar-refractivity contribution is 7.71.